The molecule has 0 aromatic carbocycles. The van der Waals surface area contributed by atoms with Crippen molar-refractivity contribution in [3.63, 3.8) is 0 Å². The molecule has 1 N–H and O–H groups in total. The van der Waals surface area contributed by atoms with E-state index < -0.39 is 0 Å². The van der Waals surface area contributed by atoms with Gasteiger partial charge in [0.15, 0.2) is 5.76 Å². The van der Waals surface area contributed by atoms with Gasteiger partial charge in [-0.1, -0.05) is 6.07 Å². The monoisotopic (exact) mass is 325 g/mol. The van der Waals surface area contributed by atoms with Gasteiger partial charge < -0.3 is 14.2 Å². The second-order valence-electron chi connectivity index (χ2n) is 5.96. The maximum Gasteiger partial charge on any atom is 0.283 e. The molecule has 3 aromatic rings. The Hall–Kier alpha value is -2.67. The molecule has 1 fully saturated rings. The Balaban J connectivity index is 1.28. The summed E-state index contributed by atoms with van der Waals surface area (Å²) in [4.78, 5) is 6.62. The van der Waals surface area contributed by atoms with Crippen LogP contribution in [0, 0.1) is 5.92 Å². The molecule has 124 valence electrons. The van der Waals surface area contributed by atoms with E-state index >= 15 is 0 Å². The van der Waals surface area contributed by atoms with Crippen molar-refractivity contribution in [2.24, 2.45) is 5.92 Å². The molecule has 1 aliphatic heterocycles. The number of likely N-dealkylation sites (tertiary alicyclic amines) is 1. The second-order valence-corrected chi connectivity index (χ2v) is 5.96. The highest BCUT2D eigenvalue weighted by Crippen LogP contribution is 2.21. The van der Waals surface area contributed by atoms with Crippen LogP contribution >= 0.6 is 0 Å². The summed E-state index contributed by atoms with van der Waals surface area (Å²) in [6, 6.07) is 9.51. The fourth-order valence-corrected chi connectivity index (χ4v) is 2.95. The molecular weight excluding hydrogens is 306 g/mol. The lowest BCUT2D eigenvalue weighted by Crippen LogP contribution is -2.23. The quantitative estimate of drug-likeness (QED) is 0.746. The van der Waals surface area contributed by atoms with Gasteiger partial charge in [-0.05, 0) is 43.1 Å². The summed E-state index contributed by atoms with van der Waals surface area (Å²) in [5.41, 5.74) is 0. The Bertz CT molecular complexity index is 756. The first-order valence-electron chi connectivity index (χ1n) is 8.10. The highest BCUT2D eigenvalue weighted by atomic mass is 16.4. The second kappa shape index (κ2) is 6.84. The van der Waals surface area contributed by atoms with Crippen LogP contribution < -0.4 is 5.32 Å². The Morgan fingerprint density at radius 2 is 2.21 bits per heavy atom. The van der Waals surface area contributed by atoms with Crippen LogP contribution in [0.2, 0.25) is 0 Å². The fraction of sp³-hybridized carbons (Fsp3) is 0.353. The maximum atomic E-state index is 5.67. The van der Waals surface area contributed by atoms with Gasteiger partial charge >= 0.3 is 0 Å². The zero-order chi connectivity index (χ0) is 16.2. The average Bonchev–Trinajstić information content (AvgIpc) is 3.36. The van der Waals surface area contributed by atoms with E-state index in [2.05, 4.69) is 25.4 Å². The van der Waals surface area contributed by atoms with Crippen LogP contribution in [0.25, 0.3) is 11.7 Å². The third-order valence-electron chi connectivity index (χ3n) is 4.16. The molecule has 1 saturated heterocycles. The smallest absolute Gasteiger partial charge is 0.283 e. The summed E-state index contributed by atoms with van der Waals surface area (Å²) in [5, 5.41) is 11.5. The lowest BCUT2D eigenvalue weighted by Gasteiger charge is -2.14. The zero-order valence-electron chi connectivity index (χ0n) is 13.3. The van der Waals surface area contributed by atoms with Gasteiger partial charge in [0.2, 0.25) is 5.89 Å². The van der Waals surface area contributed by atoms with Crippen molar-refractivity contribution in [1.82, 2.24) is 20.1 Å². The third-order valence-corrected chi connectivity index (χ3v) is 4.16. The van der Waals surface area contributed by atoms with Gasteiger partial charge in [-0.2, -0.15) is 0 Å². The molecule has 0 radical (unpaired) electrons. The number of pyridine rings is 1. The van der Waals surface area contributed by atoms with Gasteiger partial charge in [0, 0.05) is 19.3 Å². The summed E-state index contributed by atoms with van der Waals surface area (Å²) in [6.45, 7) is 3.65. The van der Waals surface area contributed by atoms with E-state index in [1.165, 1.54) is 0 Å². The number of nitrogens with one attached hydrogen (secondary N) is 1. The lowest BCUT2D eigenvalue weighted by molar-refractivity contribution is 0.282. The van der Waals surface area contributed by atoms with E-state index in [0.29, 0.717) is 30.0 Å². The standard InChI is InChI=1S/C17H19N5O2/c1-2-7-18-15(5-1)19-10-13-6-8-22(11-13)12-16-20-21-17(24-16)14-4-3-9-23-14/h1-5,7,9,13H,6,8,10-12H2,(H,18,19). The van der Waals surface area contributed by atoms with E-state index in [9.17, 15) is 0 Å². The van der Waals surface area contributed by atoms with Gasteiger partial charge in [0.1, 0.15) is 5.82 Å². The molecule has 0 spiro atoms. The van der Waals surface area contributed by atoms with Crippen LogP contribution in [0.5, 0.6) is 0 Å². The Morgan fingerprint density at radius 3 is 3.04 bits per heavy atom. The van der Waals surface area contributed by atoms with Gasteiger partial charge in [0.05, 0.1) is 12.8 Å². The molecule has 24 heavy (non-hydrogen) atoms. The van der Waals surface area contributed by atoms with Crippen molar-refractivity contribution < 1.29 is 8.83 Å². The topological polar surface area (TPSA) is 80.2 Å². The third kappa shape index (κ3) is 3.46. The maximum absolute atomic E-state index is 5.67. The van der Waals surface area contributed by atoms with Crippen molar-refractivity contribution >= 4 is 5.82 Å². The van der Waals surface area contributed by atoms with Crippen molar-refractivity contribution in [2.45, 2.75) is 13.0 Å². The molecule has 7 heteroatoms. The average molecular weight is 325 g/mol. The predicted octanol–water partition coefficient (Wildman–Crippen LogP) is 2.66. The summed E-state index contributed by atoms with van der Waals surface area (Å²) in [6.07, 6.45) is 4.55. The molecule has 0 amide bonds. The first-order valence-corrected chi connectivity index (χ1v) is 8.10. The molecule has 1 atom stereocenters. The molecule has 0 bridgehead atoms. The van der Waals surface area contributed by atoms with Crippen LogP contribution in [-0.2, 0) is 6.54 Å². The summed E-state index contributed by atoms with van der Waals surface area (Å²) in [7, 11) is 0. The van der Waals surface area contributed by atoms with Gasteiger partial charge in [-0.15, -0.1) is 10.2 Å². The van der Waals surface area contributed by atoms with Gasteiger partial charge in [0.25, 0.3) is 5.89 Å². The van der Waals surface area contributed by atoms with E-state index in [0.717, 1.165) is 31.9 Å². The highest BCUT2D eigenvalue weighted by molar-refractivity contribution is 5.42. The number of anilines is 1. The van der Waals surface area contributed by atoms with Gasteiger partial charge in [-0.3, -0.25) is 4.90 Å². The van der Waals surface area contributed by atoms with E-state index in [-0.39, 0.29) is 0 Å². The van der Waals surface area contributed by atoms with Gasteiger partial charge in [-0.25, -0.2) is 4.98 Å². The number of furan rings is 1. The predicted molar refractivity (Wildman–Crippen MR) is 88.1 cm³/mol. The number of hydrogen-bond acceptors (Lipinski definition) is 7. The van der Waals surface area contributed by atoms with Crippen molar-refractivity contribution in [3.05, 3.63) is 48.7 Å². The molecular formula is C17H19N5O2. The van der Waals surface area contributed by atoms with Crippen LogP contribution in [0.15, 0.2) is 51.6 Å². The number of rotatable bonds is 6. The minimum atomic E-state index is 0.433. The number of aromatic nitrogens is 3. The molecule has 7 nitrogen and oxygen atoms in total. The van der Waals surface area contributed by atoms with E-state index in [4.69, 9.17) is 8.83 Å². The molecule has 3 aromatic heterocycles. The fourth-order valence-electron chi connectivity index (χ4n) is 2.95. The van der Waals surface area contributed by atoms with Crippen molar-refractivity contribution in [3.8, 4) is 11.7 Å². The lowest BCUT2D eigenvalue weighted by atomic mass is 10.1. The van der Waals surface area contributed by atoms with Crippen molar-refractivity contribution in [2.75, 3.05) is 25.0 Å². The first-order chi connectivity index (χ1) is 11.9. The summed E-state index contributed by atoms with van der Waals surface area (Å²) < 4.78 is 10.9. The highest BCUT2D eigenvalue weighted by Gasteiger charge is 2.24. The normalized spacial score (nSPS) is 18.1. The van der Waals surface area contributed by atoms with Crippen LogP contribution in [-0.4, -0.2) is 39.7 Å². The minimum Gasteiger partial charge on any atom is -0.459 e. The Labute approximate surface area is 139 Å². The Morgan fingerprint density at radius 1 is 1.21 bits per heavy atom. The Kier molecular flexibility index (Phi) is 4.24. The molecule has 4 rings (SSSR count). The first kappa shape index (κ1) is 14.9. The molecule has 1 unspecified atom stereocenters. The van der Waals surface area contributed by atoms with Crippen molar-refractivity contribution in [1.29, 1.82) is 0 Å². The van der Waals surface area contributed by atoms with Crippen LogP contribution in [0.4, 0.5) is 5.82 Å². The van der Waals surface area contributed by atoms with Crippen LogP contribution in [0.3, 0.4) is 0 Å². The SMILES string of the molecule is c1ccc(NCC2CCN(Cc3nnc(-c4ccco4)o3)C2)nc1. The number of hydrogen-bond donors (Lipinski definition) is 1. The molecule has 0 aliphatic carbocycles. The largest absolute Gasteiger partial charge is 0.459 e. The molecule has 0 saturated carbocycles. The van der Waals surface area contributed by atoms with E-state index in [1.807, 2.05) is 24.3 Å². The molecule has 4 heterocycles. The zero-order valence-corrected chi connectivity index (χ0v) is 13.3. The summed E-state index contributed by atoms with van der Waals surface area (Å²) >= 11 is 0. The van der Waals surface area contributed by atoms with E-state index in [1.54, 1.807) is 18.5 Å². The number of nitrogens with zero attached hydrogens (tertiary/aromatic N) is 4. The molecule has 1 aliphatic rings. The summed E-state index contributed by atoms with van der Waals surface area (Å²) in [5.74, 6) is 3.19. The van der Waals surface area contributed by atoms with Crippen LogP contribution in [0.1, 0.15) is 12.3 Å². The minimum absolute atomic E-state index is 0.433.